The van der Waals surface area contributed by atoms with Crippen LogP contribution in [-0.4, -0.2) is 4.98 Å². The normalized spacial score (nSPS) is 11.2. The van der Waals surface area contributed by atoms with Crippen LogP contribution < -0.4 is 0 Å². The summed E-state index contributed by atoms with van der Waals surface area (Å²) in [4.78, 5) is 4.43. The minimum atomic E-state index is 0.687. The lowest BCUT2D eigenvalue weighted by Gasteiger charge is -2.08. The van der Waals surface area contributed by atoms with Crippen LogP contribution in [0.4, 0.5) is 0 Å². The number of rotatable bonds is 3. The Morgan fingerprint density at radius 1 is 0.900 bits per heavy atom. The zero-order valence-corrected chi connectivity index (χ0v) is 12.0. The first-order chi connectivity index (χ1) is 9.72. The van der Waals surface area contributed by atoms with Crippen LogP contribution in [0.25, 0.3) is 22.0 Å². The van der Waals surface area contributed by atoms with Crippen LogP contribution in [0.2, 0.25) is 0 Å². The fourth-order valence-corrected chi connectivity index (χ4v) is 2.59. The summed E-state index contributed by atoms with van der Waals surface area (Å²) in [6, 6.07) is 19.4. The number of hydrogen-bond donors (Lipinski definition) is 0. The van der Waals surface area contributed by atoms with Crippen molar-refractivity contribution in [1.82, 2.24) is 4.98 Å². The molecule has 0 saturated carbocycles. The van der Waals surface area contributed by atoms with Gasteiger partial charge in [0.2, 0.25) is 0 Å². The Bertz CT molecular complexity index is 714. The number of nitrogens with zero attached hydrogens (tertiary/aromatic N) is 1. The molecule has 100 valence electrons. The first-order valence-electron chi connectivity index (χ1n) is 7.16. The van der Waals surface area contributed by atoms with Gasteiger partial charge in [-0.15, -0.1) is 0 Å². The van der Waals surface area contributed by atoms with Gasteiger partial charge in [0, 0.05) is 11.8 Å². The Kier molecular flexibility index (Phi) is 3.51. The van der Waals surface area contributed by atoms with E-state index in [0.29, 0.717) is 5.92 Å². The molecule has 0 radical (unpaired) electrons. The van der Waals surface area contributed by atoms with Gasteiger partial charge in [-0.1, -0.05) is 50.2 Å². The number of fused-ring (bicyclic) bond motifs is 1. The molecule has 20 heavy (non-hydrogen) atoms. The third-order valence-corrected chi connectivity index (χ3v) is 3.51. The van der Waals surface area contributed by atoms with E-state index in [-0.39, 0.29) is 0 Å². The van der Waals surface area contributed by atoms with Crippen molar-refractivity contribution in [3.05, 3.63) is 66.4 Å². The summed E-state index contributed by atoms with van der Waals surface area (Å²) in [5.74, 6) is 0.687. The van der Waals surface area contributed by atoms with E-state index < -0.39 is 0 Å². The molecule has 3 aromatic rings. The maximum atomic E-state index is 4.43. The number of pyridine rings is 1. The van der Waals surface area contributed by atoms with E-state index in [1.165, 1.54) is 21.9 Å². The van der Waals surface area contributed by atoms with E-state index in [0.717, 1.165) is 12.1 Å². The predicted octanol–water partition coefficient (Wildman–Crippen LogP) is 5.10. The molecule has 0 N–H and O–H groups in total. The Morgan fingerprint density at radius 3 is 2.50 bits per heavy atom. The maximum absolute atomic E-state index is 4.43. The Labute approximate surface area is 120 Å². The zero-order chi connectivity index (χ0) is 13.9. The largest absolute Gasteiger partial charge is 0.256 e. The molecule has 0 aliphatic heterocycles. The SMILES string of the molecule is CC(C)Cc1ccc2ccc(-c3ccccn3)cc2c1. The second-order valence-corrected chi connectivity index (χ2v) is 5.71. The topological polar surface area (TPSA) is 12.9 Å². The maximum Gasteiger partial charge on any atom is 0.0702 e. The molecule has 1 nitrogen and oxygen atoms in total. The monoisotopic (exact) mass is 261 g/mol. The number of aromatic nitrogens is 1. The smallest absolute Gasteiger partial charge is 0.0702 e. The summed E-state index contributed by atoms with van der Waals surface area (Å²) in [7, 11) is 0. The van der Waals surface area contributed by atoms with Gasteiger partial charge >= 0.3 is 0 Å². The molecular weight excluding hydrogens is 242 g/mol. The average Bonchev–Trinajstić information content (AvgIpc) is 2.47. The van der Waals surface area contributed by atoms with Crippen LogP contribution in [-0.2, 0) is 6.42 Å². The van der Waals surface area contributed by atoms with Crippen molar-refractivity contribution < 1.29 is 0 Å². The lowest BCUT2D eigenvalue weighted by Crippen LogP contribution is -1.93. The van der Waals surface area contributed by atoms with Crippen LogP contribution in [0, 0.1) is 5.92 Å². The van der Waals surface area contributed by atoms with E-state index >= 15 is 0 Å². The fourth-order valence-electron chi connectivity index (χ4n) is 2.59. The van der Waals surface area contributed by atoms with Gasteiger partial charge in [0.05, 0.1) is 5.69 Å². The molecule has 0 spiro atoms. The second-order valence-electron chi connectivity index (χ2n) is 5.71. The van der Waals surface area contributed by atoms with Crippen molar-refractivity contribution in [2.24, 2.45) is 5.92 Å². The molecular formula is C19H19N. The van der Waals surface area contributed by atoms with Crippen molar-refractivity contribution in [2.75, 3.05) is 0 Å². The molecule has 2 aromatic carbocycles. The van der Waals surface area contributed by atoms with Crippen LogP contribution in [0.15, 0.2) is 60.8 Å². The van der Waals surface area contributed by atoms with Crippen molar-refractivity contribution in [3.63, 3.8) is 0 Å². The molecule has 1 heteroatoms. The molecule has 0 aliphatic carbocycles. The molecule has 0 bridgehead atoms. The highest BCUT2D eigenvalue weighted by Crippen LogP contribution is 2.24. The van der Waals surface area contributed by atoms with Gasteiger partial charge in [-0.2, -0.15) is 0 Å². The van der Waals surface area contributed by atoms with E-state index in [1.54, 1.807) is 0 Å². The van der Waals surface area contributed by atoms with Gasteiger partial charge in [0.15, 0.2) is 0 Å². The second kappa shape index (κ2) is 5.46. The first kappa shape index (κ1) is 12.9. The quantitative estimate of drug-likeness (QED) is 0.639. The summed E-state index contributed by atoms with van der Waals surface area (Å²) in [6.07, 6.45) is 2.97. The minimum absolute atomic E-state index is 0.687. The first-order valence-corrected chi connectivity index (χ1v) is 7.16. The predicted molar refractivity (Wildman–Crippen MR) is 85.7 cm³/mol. The van der Waals surface area contributed by atoms with Gasteiger partial charge < -0.3 is 0 Å². The highest BCUT2D eigenvalue weighted by Gasteiger charge is 2.03. The minimum Gasteiger partial charge on any atom is -0.256 e. The molecule has 1 heterocycles. The highest BCUT2D eigenvalue weighted by atomic mass is 14.7. The molecule has 3 rings (SSSR count). The molecule has 0 amide bonds. The molecule has 0 atom stereocenters. The Morgan fingerprint density at radius 2 is 1.75 bits per heavy atom. The van der Waals surface area contributed by atoms with E-state index in [2.05, 4.69) is 61.3 Å². The molecule has 0 unspecified atom stereocenters. The van der Waals surface area contributed by atoms with E-state index in [9.17, 15) is 0 Å². The van der Waals surface area contributed by atoms with Crippen molar-refractivity contribution in [2.45, 2.75) is 20.3 Å². The van der Waals surface area contributed by atoms with E-state index in [4.69, 9.17) is 0 Å². The van der Waals surface area contributed by atoms with Crippen LogP contribution in [0.3, 0.4) is 0 Å². The third kappa shape index (κ3) is 2.72. The zero-order valence-electron chi connectivity index (χ0n) is 12.0. The van der Waals surface area contributed by atoms with Gasteiger partial charge in [-0.25, -0.2) is 0 Å². The van der Waals surface area contributed by atoms with Gasteiger partial charge in [-0.05, 0) is 46.9 Å². The molecule has 0 saturated heterocycles. The highest BCUT2D eigenvalue weighted by molar-refractivity contribution is 5.87. The average molecular weight is 261 g/mol. The lowest BCUT2D eigenvalue weighted by molar-refractivity contribution is 0.648. The lowest BCUT2D eigenvalue weighted by atomic mass is 9.98. The summed E-state index contributed by atoms with van der Waals surface area (Å²) < 4.78 is 0. The summed E-state index contributed by atoms with van der Waals surface area (Å²) >= 11 is 0. The van der Waals surface area contributed by atoms with Crippen molar-refractivity contribution in [1.29, 1.82) is 0 Å². The van der Waals surface area contributed by atoms with Gasteiger partial charge in [0.25, 0.3) is 0 Å². The molecule has 1 aromatic heterocycles. The fraction of sp³-hybridized carbons (Fsp3) is 0.211. The summed E-state index contributed by atoms with van der Waals surface area (Å²) in [5, 5.41) is 2.59. The van der Waals surface area contributed by atoms with Crippen molar-refractivity contribution >= 4 is 10.8 Å². The molecule has 0 aliphatic rings. The van der Waals surface area contributed by atoms with Crippen LogP contribution >= 0.6 is 0 Å². The van der Waals surface area contributed by atoms with Crippen LogP contribution in [0.5, 0.6) is 0 Å². The Balaban J connectivity index is 2.05. The molecule has 0 fully saturated rings. The third-order valence-electron chi connectivity index (χ3n) is 3.51. The standard InChI is InChI=1S/C19H19N/c1-14(2)11-15-6-7-16-8-9-17(13-18(16)12-15)19-5-3-4-10-20-19/h3-10,12-14H,11H2,1-2H3. The number of hydrogen-bond acceptors (Lipinski definition) is 1. The number of benzene rings is 2. The van der Waals surface area contributed by atoms with Crippen LogP contribution in [0.1, 0.15) is 19.4 Å². The summed E-state index contributed by atoms with van der Waals surface area (Å²) in [5.41, 5.74) is 3.62. The van der Waals surface area contributed by atoms with E-state index in [1.807, 2.05) is 18.3 Å². The Hall–Kier alpha value is -2.15. The van der Waals surface area contributed by atoms with Gasteiger partial charge in [0.1, 0.15) is 0 Å². The summed E-state index contributed by atoms with van der Waals surface area (Å²) in [6.45, 7) is 4.52. The van der Waals surface area contributed by atoms with Crippen molar-refractivity contribution in [3.8, 4) is 11.3 Å². The van der Waals surface area contributed by atoms with Gasteiger partial charge in [-0.3, -0.25) is 4.98 Å².